The Bertz CT molecular complexity index is 1000. The number of piperidine rings is 1. The predicted octanol–water partition coefficient (Wildman–Crippen LogP) is 5.35. The van der Waals surface area contributed by atoms with E-state index in [2.05, 4.69) is 10.2 Å². The lowest BCUT2D eigenvalue weighted by Crippen LogP contribution is -2.36. The SMILES string of the molecule is O=C(CSc1nnc(-c2ccc(Cl)cc2Cl)n1-c1ccccc1)N1CCCCC1. The van der Waals surface area contributed by atoms with E-state index >= 15 is 0 Å². The van der Waals surface area contributed by atoms with Crippen LogP contribution < -0.4 is 0 Å². The average Bonchev–Trinajstić information content (AvgIpc) is 3.17. The highest BCUT2D eigenvalue weighted by atomic mass is 35.5. The van der Waals surface area contributed by atoms with Crippen molar-refractivity contribution in [1.29, 1.82) is 0 Å². The van der Waals surface area contributed by atoms with E-state index in [0.717, 1.165) is 37.2 Å². The molecule has 0 radical (unpaired) electrons. The second-order valence-electron chi connectivity index (χ2n) is 6.83. The number of hydrogen-bond acceptors (Lipinski definition) is 4. The number of carbonyl (C=O) groups excluding carboxylic acids is 1. The number of amides is 1. The summed E-state index contributed by atoms with van der Waals surface area (Å²) in [6.07, 6.45) is 3.36. The number of likely N-dealkylation sites (tertiary alicyclic amines) is 1. The van der Waals surface area contributed by atoms with Gasteiger partial charge in [-0.15, -0.1) is 10.2 Å². The molecule has 29 heavy (non-hydrogen) atoms. The summed E-state index contributed by atoms with van der Waals surface area (Å²) in [5.74, 6) is 1.09. The van der Waals surface area contributed by atoms with Gasteiger partial charge in [-0.05, 0) is 49.6 Å². The summed E-state index contributed by atoms with van der Waals surface area (Å²) in [6.45, 7) is 1.69. The Morgan fingerprint density at radius 1 is 1.00 bits per heavy atom. The molecule has 0 atom stereocenters. The minimum absolute atomic E-state index is 0.142. The van der Waals surface area contributed by atoms with Crippen LogP contribution >= 0.6 is 35.0 Å². The number of thioether (sulfide) groups is 1. The first-order valence-corrected chi connectivity index (χ1v) is 11.2. The van der Waals surface area contributed by atoms with E-state index in [-0.39, 0.29) is 5.91 Å². The van der Waals surface area contributed by atoms with Gasteiger partial charge in [-0.2, -0.15) is 0 Å². The molecule has 1 amide bonds. The molecular weight excluding hydrogens is 427 g/mol. The standard InChI is InChI=1S/C21H20Cl2N4OS/c22-15-9-10-17(18(23)13-15)20-24-25-21(27(20)16-7-3-1-4-8-16)29-14-19(28)26-11-5-2-6-12-26/h1,3-4,7-10,13H,2,5-6,11-12,14H2. The Hall–Kier alpha value is -2.02. The van der Waals surface area contributed by atoms with E-state index in [1.54, 1.807) is 12.1 Å². The number of nitrogens with zero attached hydrogens (tertiary/aromatic N) is 4. The molecule has 1 aliphatic rings. The van der Waals surface area contributed by atoms with Gasteiger partial charge in [-0.3, -0.25) is 9.36 Å². The largest absolute Gasteiger partial charge is 0.342 e. The van der Waals surface area contributed by atoms with Gasteiger partial charge in [0.15, 0.2) is 11.0 Å². The molecule has 0 aliphatic carbocycles. The smallest absolute Gasteiger partial charge is 0.233 e. The van der Waals surface area contributed by atoms with E-state index in [9.17, 15) is 4.79 Å². The summed E-state index contributed by atoms with van der Waals surface area (Å²) in [5, 5.41) is 10.5. The van der Waals surface area contributed by atoms with Crippen molar-refractivity contribution in [1.82, 2.24) is 19.7 Å². The summed E-state index contributed by atoms with van der Waals surface area (Å²) < 4.78 is 1.93. The highest BCUT2D eigenvalue weighted by Crippen LogP contribution is 2.33. The molecule has 0 N–H and O–H groups in total. The number of hydrogen-bond donors (Lipinski definition) is 0. The lowest BCUT2D eigenvalue weighted by Gasteiger charge is -2.26. The maximum absolute atomic E-state index is 12.6. The predicted molar refractivity (Wildman–Crippen MR) is 118 cm³/mol. The van der Waals surface area contributed by atoms with E-state index in [1.165, 1.54) is 18.2 Å². The first kappa shape index (κ1) is 20.3. The molecule has 0 bridgehead atoms. The Morgan fingerprint density at radius 2 is 1.76 bits per heavy atom. The molecule has 4 rings (SSSR count). The third kappa shape index (κ3) is 4.60. The fourth-order valence-corrected chi connectivity index (χ4v) is 4.73. The summed E-state index contributed by atoms with van der Waals surface area (Å²) in [4.78, 5) is 14.5. The highest BCUT2D eigenvalue weighted by molar-refractivity contribution is 7.99. The molecule has 5 nitrogen and oxygen atoms in total. The van der Waals surface area contributed by atoms with E-state index in [4.69, 9.17) is 23.2 Å². The molecule has 1 aliphatic heterocycles. The molecule has 8 heteroatoms. The number of halogens is 2. The summed E-state index contributed by atoms with van der Waals surface area (Å²) >= 11 is 13.9. The van der Waals surface area contributed by atoms with Gasteiger partial charge in [0.2, 0.25) is 5.91 Å². The second kappa shape index (κ2) is 9.20. The third-order valence-corrected chi connectivity index (χ3v) is 6.31. The lowest BCUT2D eigenvalue weighted by atomic mass is 10.1. The fraction of sp³-hybridized carbons (Fsp3) is 0.286. The summed E-state index contributed by atoms with van der Waals surface area (Å²) in [5.41, 5.74) is 1.65. The van der Waals surface area contributed by atoms with E-state index in [1.807, 2.05) is 45.9 Å². The van der Waals surface area contributed by atoms with Crippen LogP contribution in [0.2, 0.25) is 10.0 Å². The maximum atomic E-state index is 12.6. The number of benzene rings is 2. The molecule has 2 aromatic carbocycles. The molecule has 0 unspecified atom stereocenters. The molecule has 150 valence electrons. The third-order valence-electron chi connectivity index (χ3n) is 4.85. The zero-order valence-corrected chi connectivity index (χ0v) is 18.1. The number of para-hydroxylation sites is 1. The molecule has 1 saturated heterocycles. The van der Waals surface area contributed by atoms with Crippen molar-refractivity contribution in [2.24, 2.45) is 0 Å². The topological polar surface area (TPSA) is 51.0 Å². The Morgan fingerprint density at radius 3 is 2.48 bits per heavy atom. The lowest BCUT2D eigenvalue weighted by molar-refractivity contribution is -0.129. The van der Waals surface area contributed by atoms with Crippen molar-refractivity contribution in [3.05, 3.63) is 58.6 Å². The van der Waals surface area contributed by atoms with Crippen molar-refractivity contribution < 1.29 is 4.79 Å². The molecule has 0 saturated carbocycles. The van der Waals surface area contributed by atoms with Crippen molar-refractivity contribution in [2.75, 3.05) is 18.8 Å². The zero-order valence-electron chi connectivity index (χ0n) is 15.7. The first-order valence-electron chi connectivity index (χ1n) is 9.50. The molecule has 1 fully saturated rings. The Labute approximate surface area is 184 Å². The molecule has 3 aromatic rings. The van der Waals surface area contributed by atoms with Crippen LogP contribution in [-0.2, 0) is 4.79 Å². The number of rotatable bonds is 5. The van der Waals surface area contributed by atoms with Crippen molar-refractivity contribution in [2.45, 2.75) is 24.4 Å². The fourth-order valence-electron chi connectivity index (χ4n) is 3.38. The maximum Gasteiger partial charge on any atom is 0.233 e. The quantitative estimate of drug-likeness (QED) is 0.495. The van der Waals surface area contributed by atoms with Crippen LogP contribution in [-0.4, -0.2) is 44.4 Å². The van der Waals surface area contributed by atoms with Crippen LogP contribution in [0.4, 0.5) is 0 Å². The first-order chi connectivity index (χ1) is 14.1. The van der Waals surface area contributed by atoms with Gasteiger partial charge < -0.3 is 4.90 Å². The van der Waals surface area contributed by atoms with Gasteiger partial charge >= 0.3 is 0 Å². The normalized spacial score (nSPS) is 14.2. The van der Waals surface area contributed by atoms with Crippen LogP contribution in [0.5, 0.6) is 0 Å². The van der Waals surface area contributed by atoms with Crippen LogP contribution in [0, 0.1) is 0 Å². The van der Waals surface area contributed by atoms with Crippen LogP contribution in [0.1, 0.15) is 19.3 Å². The average molecular weight is 447 g/mol. The van der Waals surface area contributed by atoms with Gasteiger partial charge in [-0.1, -0.05) is 53.2 Å². The summed E-state index contributed by atoms with van der Waals surface area (Å²) in [7, 11) is 0. The molecule has 0 spiro atoms. The minimum Gasteiger partial charge on any atom is -0.342 e. The minimum atomic E-state index is 0.142. The van der Waals surface area contributed by atoms with E-state index in [0.29, 0.717) is 26.8 Å². The van der Waals surface area contributed by atoms with Gasteiger partial charge in [0, 0.05) is 29.4 Å². The van der Waals surface area contributed by atoms with Crippen molar-refractivity contribution in [3.63, 3.8) is 0 Å². The van der Waals surface area contributed by atoms with Gasteiger partial charge in [-0.25, -0.2) is 0 Å². The Kier molecular flexibility index (Phi) is 6.43. The summed E-state index contributed by atoms with van der Waals surface area (Å²) in [6, 6.07) is 15.1. The van der Waals surface area contributed by atoms with Crippen molar-refractivity contribution >= 4 is 40.9 Å². The van der Waals surface area contributed by atoms with Crippen LogP contribution in [0.3, 0.4) is 0 Å². The van der Waals surface area contributed by atoms with Crippen LogP contribution in [0.25, 0.3) is 17.1 Å². The van der Waals surface area contributed by atoms with Crippen molar-refractivity contribution in [3.8, 4) is 17.1 Å². The van der Waals surface area contributed by atoms with E-state index < -0.39 is 0 Å². The van der Waals surface area contributed by atoms with Crippen LogP contribution in [0.15, 0.2) is 53.7 Å². The zero-order chi connectivity index (χ0) is 20.2. The van der Waals surface area contributed by atoms with Gasteiger partial charge in [0.1, 0.15) is 0 Å². The number of carbonyl (C=O) groups is 1. The Balaban J connectivity index is 1.65. The molecule has 1 aromatic heterocycles. The van der Waals surface area contributed by atoms with Gasteiger partial charge in [0.25, 0.3) is 0 Å². The molecule has 2 heterocycles. The number of aromatic nitrogens is 3. The second-order valence-corrected chi connectivity index (χ2v) is 8.62. The molecular formula is C21H20Cl2N4OS. The highest BCUT2D eigenvalue weighted by Gasteiger charge is 2.21. The monoisotopic (exact) mass is 446 g/mol. The van der Waals surface area contributed by atoms with Gasteiger partial charge in [0.05, 0.1) is 10.8 Å².